The Morgan fingerprint density at radius 3 is 3.05 bits per heavy atom. The van der Waals surface area contributed by atoms with Gasteiger partial charge >= 0.3 is 0 Å². The lowest BCUT2D eigenvalue weighted by Crippen LogP contribution is -2.39. The molecule has 19 heavy (non-hydrogen) atoms. The molecule has 0 saturated carbocycles. The number of benzene rings is 1. The fourth-order valence-electron chi connectivity index (χ4n) is 2.90. The van der Waals surface area contributed by atoms with Crippen molar-refractivity contribution in [3.05, 3.63) is 29.3 Å². The number of nitrogens with one attached hydrogen (secondary N) is 1. The largest absolute Gasteiger partial charge is 0.338 e. The predicted octanol–water partition coefficient (Wildman–Crippen LogP) is 2.05. The van der Waals surface area contributed by atoms with E-state index in [0.29, 0.717) is 17.9 Å². The SMILES string of the molecule is CC1CCCN(C(=O)c2ccc3c(c2)NC(=O)C3)C1. The lowest BCUT2D eigenvalue weighted by atomic mass is 9.99. The van der Waals surface area contributed by atoms with Crippen LogP contribution in [0.5, 0.6) is 0 Å². The molecule has 2 amide bonds. The van der Waals surface area contributed by atoms with Gasteiger partial charge in [0.05, 0.1) is 6.42 Å². The quantitative estimate of drug-likeness (QED) is 0.838. The smallest absolute Gasteiger partial charge is 0.253 e. The Morgan fingerprint density at radius 2 is 2.26 bits per heavy atom. The van der Waals surface area contributed by atoms with Crippen LogP contribution in [0.3, 0.4) is 0 Å². The highest BCUT2D eigenvalue weighted by atomic mass is 16.2. The van der Waals surface area contributed by atoms with Gasteiger partial charge in [-0.05, 0) is 36.5 Å². The first kappa shape index (κ1) is 12.2. The van der Waals surface area contributed by atoms with Crippen LogP contribution in [0.1, 0.15) is 35.7 Å². The molecule has 2 heterocycles. The Morgan fingerprint density at radius 1 is 1.42 bits per heavy atom. The Hall–Kier alpha value is -1.84. The van der Waals surface area contributed by atoms with Crippen molar-refractivity contribution >= 4 is 17.5 Å². The summed E-state index contributed by atoms with van der Waals surface area (Å²) in [5.74, 6) is 0.661. The average molecular weight is 258 g/mol. The van der Waals surface area contributed by atoms with Gasteiger partial charge in [-0.2, -0.15) is 0 Å². The van der Waals surface area contributed by atoms with Gasteiger partial charge in [0.2, 0.25) is 5.91 Å². The maximum absolute atomic E-state index is 12.4. The first-order chi connectivity index (χ1) is 9.13. The molecule has 1 N–H and O–H groups in total. The van der Waals surface area contributed by atoms with Crippen LogP contribution in [0, 0.1) is 5.92 Å². The van der Waals surface area contributed by atoms with E-state index in [2.05, 4.69) is 12.2 Å². The molecule has 2 aliphatic rings. The van der Waals surface area contributed by atoms with Crippen LogP contribution < -0.4 is 5.32 Å². The monoisotopic (exact) mass is 258 g/mol. The van der Waals surface area contributed by atoms with E-state index < -0.39 is 0 Å². The zero-order valence-electron chi connectivity index (χ0n) is 11.1. The molecule has 0 aromatic heterocycles. The lowest BCUT2D eigenvalue weighted by Gasteiger charge is -2.31. The van der Waals surface area contributed by atoms with Crippen molar-refractivity contribution in [2.75, 3.05) is 18.4 Å². The van der Waals surface area contributed by atoms with Crippen molar-refractivity contribution in [3.8, 4) is 0 Å². The number of fused-ring (bicyclic) bond motifs is 1. The first-order valence-corrected chi connectivity index (χ1v) is 6.85. The maximum Gasteiger partial charge on any atom is 0.253 e. The highest BCUT2D eigenvalue weighted by Crippen LogP contribution is 2.25. The van der Waals surface area contributed by atoms with Crippen LogP contribution >= 0.6 is 0 Å². The van der Waals surface area contributed by atoms with E-state index in [1.54, 1.807) is 0 Å². The summed E-state index contributed by atoms with van der Waals surface area (Å²) in [7, 11) is 0. The van der Waals surface area contributed by atoms with E-state index in [-0.39, 0.29) is 11.8 Å². The number of hydrogen-bond acceptors (Lipinski definition) is 2. The number of hydrogen-bond donors (Lipinski definition) is 1. The molecule has 100 valence electrons. The number of carbonyl (C=O) groups is 2. The van der Waals surface area contributed by atoms with Crippen molar-refractivity contribution in [2.24, 2.45) is 5.92 Å². The van der Waals surface area contributed by atoms with Crippen LogP contribution in [0.2, 0.25) is 0 Å². The van der Waals surface area contributed by atoms with Crippen LogP contribution in [-0.4, -0.2) is 29.8 Å². The number of rotatable bonds is 1. The molecule has 1 aromatic carbocycles. The fourth-order valence-corrected chi connectivity index (χ4v) is 2.90. The molecular weight excluding hydrogens is 240 g/mol. The molecule has 4 nitrogen and oxygen atoms in total. The molecule has 0 radical (unpaired) electrons. The number of amides is 2. The highest BCUT2D eigenvalue weighted by molar-refractivity contribution is 6.02. The molecule has 1 fully saturated rings. The molecule has 0 bridgehead atoms. The Kier molecular flexibility index (Phi) is 3.01. The van der Waals surface area contributed by atoms with E-state index in [1.807, 2.05) is 23.1 Å². The van der Waals surface area contributed by atoms with Gasteiger partial charge in [-0.15, -0.1) is 0 Å². The molecule has 1 saturated heterocycles. The summed E-state index contributed by atoms with van der Waals surface area (Å²) in [5.41, 5.74) is 2.45. The minimum atomic E-state index is 0.00573. The summed E-state index contributed by atoms with van der Waals surface area (Å²) in [6, 6.07) is 5.52. The zero-order chi connectivity index (χ0) is 13.4. The molecular formula is C15H18N2O2. The Bertz CT molecular complexity index is 539. The van der Waals surface area contributed by atoms with Crippen LogP contribution in [0.15, 0.2) is 18.2 Å². The number of carbonyl (C=O) groups excluding carboxylic acids is 2. The van der Waals surface area contributed by atoms with Crippen molar-refractivity contribution in [3.63, 3.8) is 0 Å². The van der Waals surface area contributed by atoms with Crippen molar-refractivity contribution < 1.29 is 9.59 Å². The first-order valence-electron chi connectivity index (χ1n) is 6.85. The molecule has 2 aliphatic heterocycles. The molecule has 1 aromatic rings. The summed E-state index contributed by atoms with van der Waals surface area (Å²) in [6.07, 6.45) is 2.70. The molecule has 1 unspecified atom stereocenters. The molecule has 1 atom stereocenters. The van der Waals surface area contributed by atoms with Gasteiger partial charge in [-0.25, -0.2) is 0 Å². The van der Waals surface area contributed by atoms with E-state index in [9.17, 15) is 9.59 Å². The molecule has 3 rings (SSSR count). The summed E-state index contributed by atoms with van der Waals surface area (Å²) >= 11 is 0. The summed E-state index contributed by atoms with van der Waals surface area (Å²) in [6.45, 7) is 3.86. The standard InChI is InChI=1S/C15H18N2O2/c1-10-3-2-6-17(9-10)15(19)12-5-4-11-8-14(18)16-13(11)7-12/h4-5,7,10H,2-3,6,8-9H2,1H3,(H,16,18). The van der Waals surface area contributed by atoms with Gasteiger partial charge < -0.3 is 10.2 Å². The predicted molar refractivity (Wildman–Crippen MR) is 73.1 cm³/mol. The van der Waals surface area contributed by atoms with E-state index in [1.165, 1.54) is 6.42 Å². The van der Waals surface area contributed by atoms with Crippen molar-refractivity contribution in [1.29, 1.82) is 0 Å². The van der Waals surface area contributed by atoms with E-state index >= 15 is 0 Å². The average Bonchev–Trinajstić information content (AvgIpc) is 2.76. The number of anilines is 1. The molecule has 4 heteroatoms. The summed E-state index contributed by atoms with van der Waals surface area (Å²) < 4.78 is 0. The second-order valence-electron chi connectivity index (χ2n) is 5.60. The zero-order valence-corrected chi connectivity index (χ0v) is 11.1. The van der Waals surface area contributed by atoms with Crippen LogP contribution in [0.25, 0.3) is 0 Å². The maximum atomic E-state index is 12.4. The van der Waals surface area contributed by atoms with Crippen LogP contribution in [0.4, 0.5) is 5.69 Å². The van der Waals surface area contributed by atoms with Gasteiger partial charge in [0.25, 0.3) is 5.91 Å². The molecule has 0 spiro atoms. The second kappa shape index (κ2) is 4.68. The summed E-state index contributed by atoms with van der Waals surface area (Å²) in [4.78, 5) is 25.7. The third kappa shape index (κ3) is 2.35. The molecule has 0 aliphatic carbocycles. The van der Waals surface area contributed by atoms with Gasteiger partial charge in [0.15, 0.2) is 0 Å². The lowest BCUT2D eigenvalue weighted by molar-refractivity contribution is -0.115. The van der Waals surface area contributed by atoms with Gasteiger partial charge in [0.1, 0.15) is 0 Å². The van der Waals surface area contributed by atoms with Crippen molar-refractivity contribution in [1.82, 2.24) is 4.90 Å². The second-order valence-corrected chi connectivity index (χ2v) is 5.60. The van der Waals surface area contributed by atoms with Crippen LogP contribution in [-0.2, 0) is 11.2 Å². The number of nitrogens with zero attached hydrogens (tertiary/aromatic N) is 1. The Labute approximate surface area is 112 Å². The minimum Gasteiger partial charge on any atom is -0.338 e. The van der Waals surface area contributed by atoms with Gasteiger partial charge in [-0.3, -0.25) is 9.59 Å². The third-order valence-corrected chi connectivity index (χ3v) is 3.93. The van der Waals surface area contributed by atoms with Crippen molar-refractivity contribution in [2.45, 2.75) is 26.2 Å². The Balaban J connectivity index is 1.81. The number of likely N-dealkylation sites (tertiary alicyclic amines) is 1. The minimum absolute atomic E-state index is 0.00573. The van der Waals surface area contributed by atoms with Gasteiger partial charge in [-0.1, -0.05) is 13.0 Å². The summed E-state index contributed by atoms with van der Waals surface area (Å²) in [5, 5.41) is 2.79. The topological polar surface area (TPSA) is 49.4 Å². The fraction of sp³-hybridized carbons (Fsp3) is 0.467. The highest BCUT2D eigenvalue weighted by Gasteiger charge is 2.24. The normalized spacial score (nSPS) is 22.1. The van der Waals surface area contributed by atoms with E-state index in [4.69, 9.17) is 0 Å². The van der Waals surface area contributed by atoms with E-state index in [0.717, 1.165) is 30.8 Å². The van der Waals surface area contributed by atoms with Gasteiger partial charge in [0, 0.05) is 24.3 Å². The third-order valence-electron chi connectivity index (χ3n) is 3.93. The number of piperidine rings is 1.